The van der Waals surface area contributed by atoms with E-state index in [4.69, 9.17) is 20.4 Å². The first kappa shape index (κ1) is 36.9. The number of hydrogen-bond acceptors (Lipinski definition) is 8. The van der Waals surface area contributed by atoms with Gasteiger partial charge in [0.05, 0.1) is 18.8 Å². The summed E-state index contributed by atoms with van der Waals surface area (Å²) in [6, 6.07) is 0. The van der Waals surface area contributed by atoms with Crippen LogP contribution in [-0.2, 0) is 28.8 Å². The third kappa shape index (κ3) is 9.89. The van der Waals surface area contributed by atoms with Crippen molar-refractivity contribution in [1.29, 1.82) is 0 Å². The zero-order chi connectivity index (χ0) is 30.3. The smallest absolute Gasteiger partial charge is 0.337 e. The minimum Gasteiger partial charge on any atom is -0.481 e. The predicted molar refractivity (Wildman–Crippen MR) is 129 cm³/mol. The van der Waals surface area contributed by atoms with Crippen molar-refractivity contribution in [3.05, 3.63) is 0 Å². The topological polar surface area (TPSA) is 264 Å². The maximum Gasteiger partial charge on any atom is 0.337 e. The van der Waals surface area contributed by atoms with Gasteiger partial charge in [-0.1, -0.05) is 59.3 Å². The third-order valence-corrected chi connectivity index (χ3v) is 6.31. The minimum atomic E-state index is -2.86. The van der Waals surface area contributed by atoms with E-state index in [-0.39, 0.29) is 19.3 Å². The first-order valence-corrected chi connectivity index (χ1v) is 12.2. The first-order chi connectivity index (χ1) is 17.4. The van der Waals surface area contributed by atoms with E-state index in [1.165, 1.54) is 0 Å². The van der Waals surface area contributed by atoms with Crippen molar-refractivity contribution in [2.45, 2.75) is 103 Å². The van der Waals surface area contributed by atoms with Crippen molar-refractivity contribution >= 4 is 35.8 Å². The summed E-state index contributed by atoms with van der Waals surface area (Å²) in [4.78, 5) is 66.4. The molecule has 0 aliphatic rings. The molecule has 0 saturated carbocycles. The van der Waals surface area contributed by atoms with Crippen LogP contribution in [0.2, 0.25) is 0 Å². The summed E-state index contributed by atoms with van der Waals surface area (Å²) in [7, 11) is 0. The van der Waals surface area contributed by atoms with Crippen LogP contribution >= 0.6 is 0 Å². The minimum absolute atomic E-state index is 0.0719. The largest absolute Gasteiger partial charge is 0.481 e. The Hall–Kier alpha value is -3.26. The summed E-state index contributed by atoms with van der Waals surface area (Å²) in [6.07, 6.45) is 0.512. The molecule has 0 heterocycles. The Labute approximate surface area is 219 Å². The highest BCUT2D eigenvalue weighted by Gasteiger charge is 2.65. The van der Waals surface area contributed by atoms with Crippen molar-refractivity contribution in [2.75, 3.05) is 0 Å². The van der Waals surface area contributed by atoms with E-state index in [9.17, 15) is 49.2 Å². The van der Waals surface area contributed by atoms with Crippen molar-refractivity contribution in [1.82, 2.24) is 0 Å². The second kappa shape index (κ2) is 16.6. The second-order valence-corrected chi connectivity index (χ2v) is 9.18. The van der Waals surface area contributed by atoms with E-state index in [2.05, 4.69) is 0 Å². The molecule has 0 aromatic carbocycles. The van der Waals surface area contributed by atoms with E-state index in [0.717, 1.165) is 0 Å². The highest BCUT2D eigenvalue weighted by atomic mass is 16.4. The lowest BCUT2D eigenvalue weighted by atomic mass is 9.59. The maximum atomic E-state index is 12.2. The number of unbranched alkanes of at least 4 members (excludes halogenated alkanes) is 3. The van der Waals surface area contributed by atoms with Gasteiger partial charge in [0.15, 0.2) is 11.2 Å². The van der Waals surface area contributed by atoms with Gasteiger partial charge in [-0.05, 0) is 19.3 Å². The number of rotatable bonds is 19. The third-order valence-electron chi connectivity index (χ3n) is 6.31. The SMILES string of the molecule is CCCCC(C(=O)O)C(O)(C(=O)O)C(CCCC)(CCCC)C(=O)O.O=C(O)CC(O)(CC(=O)O)C(=O)O. The van der Waals surface area contributed by atoms with Gasteiger partial charge in [-0.2, -0.15) is 0 Å². The fraction of sp³-hybridized carbons (Fsp3) is 0.750. The molecule has 2 unspecified atom stereocenters. The fourth-order valence-corrected chi connectivity index (χ4v) is 4.16. The van der Waals surface area contributed by atoms with E-state index in [1.54, 1.807) is 0 Å². The van der Waals surface area contributed by atoms with Crippen LogP contribution in [0.4, 0.5) is 0 Å². The predicted octanol–water partition coefficient (Wildman–Crippen LogP) is 1.90. The second-order valence-electron chi connectivity index (χ2n) is 9.18. The molecule has 220 valence electrons. The molecule has 14 nitrogen and oxygen atoms in total. The van der Waals surface area contributed by atoms with Gasteiger partial charge in [-0.15, -0.1) is 0 Å². The number of carboxylic acid groups (broad SMARTS) is 6. The zero-order valence-electron chi connectivity index (χ0n) is 21.9. The summed E-state index contributed by atoms with van der Waals surface area (Å²) < 4.78 is 0. The summed E-state index contributed by atoms with van der Waals surface area (Å²) in [5, 5.41) is 74.2. The molecule has 0 amide bonds. The van der Waals surface area contributed by atoms with Crippen LogP contribution in [0.5, 0.6) is 0 Å². The lowest BCUT2D eigenvalue weighted by molar-refractivity contribution is -0.207. The van der Waals surface area contributed by atoms with Crippen LogP contribution in [0.1, 0.15) is 91.4 Å². The van der Waals surface area contributed by atoms with Gasteiger partial charge in [-0.3, -0.25) is 19.2 Å². The van der Waals surface area contributed by atoms with Gasteiger partial charge in [0.25, 0.3) is 0 Å². The standard InChI is InChI=1S/C18H32O7.C6H8O7/c1-4-7-10-13(14(19)20)18(25,16(23)24)17(15(21)22,11-8-5-2)12-9-6-3;7-3(8)1-6(13,5(11)12)2-4(9)10/h13,25H,4-12H2,1-3H3,(H,19,20)(H,21,22)(H,23,24);13H,1-2H2,(H,7,8)(H,9,10)(H,11,12). The first-order valence-electron chi connectivity index (χ1n) is 12.2. The Kier molecular flexibility index (Phi) is 16.1. The molecule has 8 N–H and O–H groups in total. The number of aliphatic carboxylic acids is 6. The van der Waals surface area contributed by atoms with Gasteiger partial charge in [-0.25, -0.2) is 9.59 Å². The van der Waals surface area contributed by atoms with Crippen LogP contribution in [0, 0.1) is 11.3 Å². The molecule has 0 aromatic heterocycles. The average molecular weight is 553 g/mol. The fourth-order valence-electron chi connectivity index (χ4n) is 4.16. The van der Waals surface area contributed by atoms with E-state index >= 15 is 0 Å². The quantitative estimate of drug-likeness (QED) is 0.114. The number of carbonyl (C=O) groups is 6. The molecule has 2 atom stereocenters. The Balaban J connectivity index is 0. The van der Waals surface area contributed by atoms with Crippen LogP contribution < -0.4 is 0 Å². The van der Waals surface area contributed by atoms with Gasteiger partial charge in [0, 0.05) is 0 Å². The van der Waals surface area contributed by atoms with Crippen LogP contribution in [0.25, 0.3) is 0 Å². The highest BCUT2D eigenvalue weighted by molar-refractivity contribution is 5.93. The monoisotopic (exact) mass is 552 g/mol. The molecule has 0 spiro atoms. The molecular weight excluding hydrogens is 512 g/mol. The van der Waals surface area contributed by atoms with Crippen molar-refractivity contribution in [2.24, 2.45) is 11.3 Å². The van der Waals surface area contributed by atoms with Crippen LogP contribution in [0.15, 0.2) is 0 Å². The van der Waals surface area contributed by atoms with Crippen molar-refractivity contribution < 1.29 is 69.6 Å². The molecule has 0 saturated heterocycles. The van der Waals surface area contributed by atoms with E-state index in [0.29, 0.717) is 38.5 Å². The average Bonchev–Trinajstić information content (AvgIpc) is 2.78. The molecule has 0 radical (unpaired) electrons. The summed E-state index contributed by atoms with van der Waals surface area (Å²) >= 11 is 0. The van der Waals surface area contributed by atoms with Crippen LogP contribution in [-0.4, -0.2) is 87.9 Å². The van der Waals surface area contributed by atoms with Crippen molar-refractivity contribution in [3.8, 4) is 0 Å². The lowest BCUT2D eigenvalue weighted by Gasteiger charge is -2.44. The van der Waals surface area contributed by atoms with Gasteiger partial charge in [0.2, 0.25) is 0 Å². The Morgan fingerprint density at radius 1 is 0.605 bits per heavy atom. The van der Waals surface area contributed by atoms with Gasteiger partial charge in [0.1, 0.15) is 5.41 Å². The Morgan fingerprint density at radius 3 is 1.24 bits per heavy atom. The van der Waals surface area contributed by atoms with Crippen molar-refractivity contribution in [3.63, 3.8) is 0 Å². The molecule has 0 fully saturated rings. The number of hydrogen-bond donors (Lipinski definition) is 8. The summed E-state index contributed by atoms with van der Waals surface area (Å²) in [5.41, 5.74) is -7.62. The normalized spacial score (nSPS) is 13.8. The van der Waals surface area contributed by atoms with Crippen LogP contribution in [0.3, 0.4) is 0 Å². The molecule has 0 aromatic rings. The Morgan fingerprint density at radius 2 is 1.00 bits per heavy atom. The number of carboxylic acids is 6. The molecule has 0 bridgehead atoms. The number of aliphatic hydroxyl groups is 2. The molecule has 0 aliphatic heterocycles. The van der Waals surface area contributed by atoms with Gasteiger partial charge < -0.3 is 40.9 Å². The lowest BCUT2D eigenvalue weighted by Crippen LogP contribution is -2.64. The molecular formula is C24H40O14. The molecule has 0 rings (SSSR count). The van der Waals surface area contributed by atoms with Gasteiger partial charge >= 0.3 is 35.8 Å². The molecule has 0 aliphatic carbocycles. The highest BCUT2D eigenvalue weighted by Crippen LogP contribution is 2.47. The molecule has 14 heteroatoms. The van der Waals surface area contributed by atoms with E-state index in [1.807, 2.05) is 20.8 Å². The summed E-state index contributed by atoms with van der Waals surface area (Å²) in [5.74, 6) is -11.4. The summed E-state index contributed by atoms with van der Waals surface area (Å²) in [6.45, 7) is 5.48. The maximum absolute atomic E-state index is 12.2. The zero-order valence-corrected chi connectivity index (χ0v) is 21.9. The van der Waals surface area contributed by atoms with E-state index < -0.39 is 71.2 Å². The molecule has 38 heavy (non-hydrogen) atoms. The Bertz CT molecular complexity index is 812.